The Hall–Kier alpha value is -3.31. The number of hydrogen-bond acceptors (Lipinski definition) is 6. The molecule has 0 spiro atoms. The largest absolute Gasteiger partial charge is 0.486 e. The molecule has 3 rings (SSSR count). The average Bonchev–Trinajstić information content (AvgIpc) is 2.75. The van der Waals surface area contributed by atoms with Gasteiger partial charge in [0.05, 0.1) is 11.3 Å². The molecule has 1 heterocycles. The Bertz CT molecular complexity index is 931. The molecule has 1 unspecified atom stereocenters. The third-order valence-electron chi connectivity index (χ3n) is 4.37. The molecule has 0 saturated carbocycles. The number of carbonyl (C=O) groups is 1. The predicted octanol–water partition coefficient (Wildman–Crippen LogP) is 3.28. The van der Waals surface area contributed by atoms with Gasteiger partial charge in [-0.1, -0.05) is 11.2 Å². The molecule has 0 aliphatic carbocycles. The van der Waals surface area contributed by atoms with Crippen molar-refractivity contribution in [2.75, 3.05) is 19.7 Å². The van der Waals surface area contributed by atoms with Gasteiger partial charge in [-0.05, 0) is 36.4 Å². The highest BCUT2D eigenvalue weighted by Gasteiger charge is 2.25. The van der Waals surface area contributed by atoms with Crippen molar-refractivity contribution in [3.63, 3.8) is 0 Å². The van der Waals surface area contributed by atoms with Crippen molar-refractivity contribution in [1.29, 1.82) is 5.26 Å². The van der Waals surface area contributed by atoms with Gasteiger partial charge in [-0.25, -0.2) is 8.78 Å². The first-order valence-corrected chi connectivity index (χ1v) is 9.09. The Kier molecular flexibility index (Phi) is 6.87. The minimum Gasteiger partial charge on any atom is -0.486 e. The van der Waals surface area contributed by atoms with Crippen LogP contribution in [-0.4, -0.2) is 31.2 Å². The minimum absolute atomic E-state index is 0.196. The van der Waals surface area contributed by atoms with Crippen LogP contribution in [-0.2, 0) is 9.63 Å². The van der Waals surface area contributed by atoms with E-state index in [2.05, 4.69) is 10.5 Å². The van der Waals surface area contributed by atoms with E-state index in [1.807, 2.05) is 0 Å². The Morgan fingerprint density at radius 1 is 1.17 bits per heavy atom. The standard InChI is InChI=1S/C21H19F2N3O3/c22-16-2-4-18(5-3-16)28-13-20(27)21(29-26-17-7-9-25-10-8-17)14-1-6-19(23)15(11-14)12-24/h1-6,11,21,25H,7-10,13H2. The first-order chi connectivity index (χ1) is 14.1. The predicted molar refractivity (Wildman–Crippen MR) is 101 cm³/mol. The molecule has 0 bridgehead atoms. The molecule has 0 radical (unpaired) electrons. The van der Waals surface area contributed by atoms with Crippen LogP contribution in [0.25, 0.3) is 0 Å². The number of hydrogen-bond donors (Lipinski definition) is 1. The Morgan fingerprint density at radius 3 is 2.59 bits per heavy atom. The van der Waals surface area contributed by atoms with Gasteiger partial charge in [0.25, 0.3) is 0 Å². The van der Waals surface area contributed by atoms with Crippen LogP contribution in [0.4, 0.5) is 8.78 Å². The average molecular weight is 399 g/mol. The molecule has 2 aromatic carbocycles. The van der Waals surface area contributed by atoms with Gasteiger partial charge in [0.2, 0.25) is 11.9 Å². The van der Waals surface area contributed by atoms with Gasteiger partial charge in [0, 0.05) is 31.5 Å². The molecule has 29 heavy (non-hydrogen) atoms. The number of carbonyl (C=O) groups excluding carboxylic acids is 1. The summed E-state index contributed by atoms with van der Waals surface area (Å²) in [4.78, 5) is 18.3. The number of rotatable bonds is 7. The maximum atomic E-state index is 13.7. The van der Waals surface area contributed by atoms with E-state index in [1.165, 1.54) is 36.4 Å². The fraction of sp³-hybridized carbons (Fsp3) is 0.286. The van der Waals surface area contributed by atoms with E-state index in [-0.39, 0.29) is 12.2 Å². The summed E-state index contributed by atoms with van der Waals surface area (Å²) in [6, 6.07) is 10.7. The first-order valence-electron chi connectivity index (χ1n) is 9.09. The number of halogens is 2. The number of oxime groups is 1. The van der Waals surface area contributed by atoms with Crippen LogP contribution in [0.1, 0.15) is 30.1 Å². The van der Waals surface area contributed by atoms with Crippen molar-refractivity contribution in [2.24, 2.45) is 5.16 Å². The molecule has 8 heteroatoms. The summed E-state index contributed by atoms with van der Waals surface area (Å²) in [6.45, 7) is 1.18. The third kappa shape index (κ3) is 5.59. The molecule has 6 nitrogen and oxygen atoms in total. The van der Waals surface area contributed by atoms with E-state index in [4.69, 9.17) is 14.8 Å². The topological polar surface area (TPSA) is 83.7 Å². The van der Waals surface area contributed by atoms with Crippen molar-refractivity contribution in [3.05, 3.63) is 65.2 Å². The van der Waals surface area contributed by atoms with E-state index in [9.17, 15) is 13.6 Å². The lowest BCUT2D eigenvalue weighted by Crippen LogP contribution is -2.28. The van der Waals surface area contributed by atoms with Gasteiger partial charge in [-0.3, -0.25) is 4.79 Å². The number of nitrogens with one attached hydrogen (secondary N) is 1. The monoisotopic (exact) mass is 399 g/mol. The van der Waals surface area contributed by atoms with E-state index < -0.39 is 23.5 Å². The lowest BCUT2D eigenvalue weighted by atomic mass is 10.0. The minimum atomic E-state index is -1.16. The summed E-state index contributed by atoms with van der Waals surface area (Å²) in [5, 5.41) is 16.4. The number of piperidine rings is 1. The van der Waals surface area contributed by atoms with Crippen molar-refractivity contribution < 1.29 is 23.1 Å². The summed E-state index contributed by atoms with van der Waals surface area (Å²) in [7, 11) is 0. The van der Waals surface area contributed by atoms with Crippen LogP contribution >= 0.6 is 0 Å². The summed E-state index contributed by atoms with van der Waals surface area (Å²) < 4.78 is 32.1. The molecule has 0 aromatic heterocycles. The molecular weight excluding hydrogens is 380 g/mol. The zero-order valence-corrected chi connectivity index (χ0v) is 15.5. The molecule has 1 saturated heterocycles. The lowest BCUT2D eigenvalue weighted by Gasteiger charge is -2.18. The highest BCUT2D eigenvalue weighted by molar-refractivity contribution is 5.87. The number of nitrogens with zero attached hydrogens (tertiary/aromatic N) is 2. The Labute approximate surface area is 166 Å². The molecule has 150 valence electrons. The second kappa shape index (κ2) is 9.75. The number of benzene rings is 2. The van der Waals surface area contributed by atoms with E-state index in [1.54, 1.807) is 6.07 Å². The highest BCUT2D eigenvalue weighted by Crippen LogP contribution is 2.23. The second-order valence-corrected chi connectivity index (χ2v) is 6.45. The summed E-state index contributed by atoms with van der Waals surface area (Å²) in [5.41, 5.74) is 0.912. The maximum absolute atomic E-state index is 13.7. The summed E-state index contributed by atoms with van der Waals surface area (Å²) >= 11 is 0. The molecule has 2 aromatic rings. The Morgan fingerprint density at radius 2 is 1.90 bits per heavy atom. The number of Topliss-reactive ketones (excluding diaryl/α,β-unsaturated/α-hetero) is 1. The van der Waals surface area contributed by atoms with Crippen LogP contribution in [0.2, 0.25) is 0 Å². The zero-order valence-electron chi connectivity index (χ0n) is 15.5. The van der Waals surface area contributed by atoms with E-state index in [0.717, 1.165) is 24.9 Å². The van der Waals surface area contributed by atoms with Crippen LogP contribution < -0.4 is 10.1 Å². The lowest BCUT2D eigenvalue weighted by molar-refractivity contribution is -0.133. The smallest absolute Gasteiger partial charge is 0.217 e. The van der Waals surface area contributed by atoms with Crippen LogP contribution in [0.15, 0.2) is 47.6 Å². The van der Waals surface area contributed by atoms with Crippen molar-refractivity contribution in [2.45, 2.75) is 18.9 Å². The van der Waals surface area contributed by atoms with Gasteiger partial charge in [0.1, 0.15) is 23.5 Å². The van der Waals surface area contributed by atoms with Crippen molar-refractivity contribution in [1.82, 2.24) is 5.32 Å². The van der Waals surface area contributed by atoms with Gasteiger partial charge < -0.3 is 14.9 Å². The molecule has 1 N–H and O–H groups in total. The fourth-order valence-electron chi connectivity index (χ4n) is 2.79. The Balaban J connectivity index is 1.78. The van der Waals surface area contributed by atoms with Gasteiger partial charge in [-0.2, -0.15) is 5.26 Å². The quantitative estimate of drug-likeness (QED) is 0.723. The third-order valence-corrected chi connectivity index (χ3v) is 4.37. The van der Waals surface area contributed by atoms with Crippen molar-refractivity contribution in [3.8, 4) is 11.8 Å². The van der Waals surface area contributed by atoms with Crippen LogP contribution in [0.3, 0.4) is 0 Å². The summed E-state index contributed by atoms with van der Waals surface area (Å²) in [5.74, 6) is -1.25. The number of ketones is 1. The normalized spacial score (nSPS) is 14.6. The zero-order chi connectivity index (χ0) is 20.6. The molecule has 1 aliphatic rings. The first kappa shape index (κ1) is 20.4. The molecule has 1 fully saturated rings. The number of nitriles is 1. The molecule has 1 atom stereocenters. The fourth-order valence-corrected chi connectivity index (χ4v) is 2.79. The summed E-state index contributed by atoms with van der Waals surface area (Å²) in [6.07, 6.45) is 0.227. The van der Waals surface area contributed by atoms with Crippen molar-refractivity contribution >= 4 is 11.5 Å². The van der Waals surface area contributed by atoms with Gasteiger partial charge in [-0.15, -0.1) is 0 Å². The molecule has 0 amide bonds. The second-order valence-electron chi connectivity index (χ2n) is 6.45. The van der Waals surface area contributed by atoms with Crippen LogP contribution in [0.5, 0.6) is 5.75 Å². The van der Waals surface area contributed by atoms with E-state index >= 15 is 0 Å². The van der Waals surface area contributed by atoms with Crippen LogP contribution in [0, 0.1) is 23.0 Å². The van der Waals surface area contributed by atoms with Gasteiger partial charge >= 0.3 is 0 Å². The van der Waals surface area contributed by atoms with Gasteiger partial charge in [0.15, 0.2) is 6.61 Å². The molecule has 1 aliphatic heterocycles. The highest BCUT2D eigenvalue weighted by atomic mass is 19.1. The van der Waals surface area contributed by atoms with E-state index in [0.29, 0.717) is 24.2 Å². The molecular formula is C21H19F2N3O3. The number of ether oxygens (including phenoxy) is 1. The maximum Gasteiger partial charge on any atom is 0.217 e. The SMILES string of the molecule is N#Cc1cc(C(ON=C2CCNCC2)C(=O)COc2ccc(F)cc2)ccc1F.